The molecule has 0 unspecified atom stereocenters. The van der Waals surface area contributed by atoms with Crippen LogP contribution in [-0.2, 0) is 9.59 Å². The molecule has 2 bridgehead atoms. The van der Waals surface area contributed by atoms with Crippen LogP contribution >= 0.6 is 22.6 Å². The molecule has 4 aliphatic rings. The van der Waals surface area contributed by atoms with Gasteiger partial charge in [-0.2, -0.15) is 10.1 Å². The van der Waals surface area contributed by atoms with E-state index in [0.29, 0.717) is 0 Å². The van der Waals surface area contributed by atoms with Crippen LogP contribution in [0.1, 0.15) is 39.7 Å². The predicted octanol–water partition coefficient (Wildman–Crippen LogP) is 4.52. The largest absolute Gasteiger partial charge is 0.272 e. The molecule has 3 aliphatic carbocycles. The Hall–Kier alpha value is -2.80. The Kier molecular flexibility index (Phi) is 3.96. The highest BCUT2D eigenvalue weighted by atomic mass is 127. The molecular formula is C25H17IN2O2. The first-order valence-corrected chi connectivity index (χ1v) is 11.1. The molecule has 7 rings (SSSR count). The minimum absolute atomic E-state index is 0.0964. The van der Waals surface area contributed by atoms with E-state index in [-0.39, 0.29) is 35.5 Å². The van der Waals surface area contributed by atoms with Crippen LogP contribution in [0.15, 0.2) is 77.9 Å². The third-order valence-electron chi connectivity index (χ3n) is 6.64. The minimum Gasteiger partial charge on any atom is -0.272 e. The maximum absolute atomic E-state index is 13.5. The normalized spacial score (nSPS) is 26.1. The Labute approximate surface area is 187 Å². The summed E-state index contributed by atoms with van der Waals surface area (Å²) in [7, 11) is 0. The monoisotopic (exact) mass is 504 g/mol. The van der Waals surface area contributed by atoms with Gasteiger partial charge in [-0.25, -0.2) is 0 Å². The van der Waals surface area contributed by atoms with Crippen LogP contribution in [0.4, 0.5) is 0 Å². The molecular weight excluding hydrogens is 487 g/mol. The van der Waals surface area contributed by atoms with Gasteiger partial charge in [-0.15, -0.1) is 0 Å². The zero-order valence-electron chi connectivity index (χ0n) is 15.9. The zero-order valence-corrected chi connectivity index (χ0v) is 18.1. The van der Waals surface area contributed by atoms with E-state index in [4.69, 9.17) is 0 Å². The van der Waals surface area contributed by atoms with E-state index in [1.165, 1.54) is 22.3 Å². The quantitative estimate of drug-likeness (QED) is 0.293. The molecule has 3 aromatic rings. The van der Waals surface area contributed by atoms with Crippen molar-refractivity contribution < 1.29 is 9.59 Å². The molecule has 30 heavy (non-hydrogen) atoms. The second kappa shape index (κ2) is 6.60. The standard InChI is InChI=1S/C25H17IN2O2/c26-19-12-6-1-7-14(19)13-27-28-24(29)22-20-15-8-2-3-9-16(15)21(23(22)25(28)30)18-11-5-4-10-17(18)20/h1-13,20-23H/b27-13-/t20?,21?,22-,23+. The van der Waals surface area contributed by atoms with Crippen molar-refractivity contribution in [3.05, 3.63) is 104 Å². The van der Waals surface area contributed by atoms with Gasteiger partial charge in [-0.3, -0.25) is 9.59 Å². The molecule has 0 N–H and O–H groups in total. The predicted molar refractivity (Wildman–Crippen MR) is 122 cm³/mol. The van der Waals surface area contributed by atoms with Crippen molar-refractivity contribution in [3.63, 3.8) is 0 Å². The van der Waals surface area contributed by atoms with E-state index >= 15 is 0 Å². The Balaban J connectivity index is 1.47. The van der Waals surface area contributed by atoms with Crippen LogP contribution in [0.2, 0.25) is 0 Å². The van der Waals surface area contributed by atoms with Crippen molar-refractivity contribution in [3.8, 4) is 0 Å². The lowest BCUT2D eigenvalue weighted by atomic mass is 9.55. The first kappa shape index (κ1) is 18.0. The minimum atomic E-state index is -0.390. The van der Waals surface area contributed by atoms with Crippen LogP contribution in [-0.4, -0.2) is 23.0 Å². The maximum atomic E-state index is 13.5. The van der Waals surface area contributed by atoms with Crippen LogP contribution in [0.5, 0.6) is 0 Å². The molecule has 0 spiro atoms. The third kappa shape index (κ3) is 2.35. The van der Waals surface area contributed by atoms with Crippen LogP contribution in [0.25, 0.3) is 0 Å². The van der Waals surface area contributed by atoms with Gasteiger partial charge < -0.3 is 0 Å². The summed E-state index contributed by atoms with van der Waals surface area (Å²) >= 11 is 2.23. The second-order valence-corrected chi connectivity index (χ2v) is 9.18. The molecule has 1 fully saturated rings. The van der Waals surface area contributed by atoms with Gasteiger partial charge in [0.15, 0.2) is 0 Å². The molecule has 2 atom stereocenters. The highest BCUT2D eigenvalue weighted by Gasteiger charge is 2.61. The number of benzene rings is 3. The first-order valence-electron chi connectivity index (χ1n) is 10.0. The lowest BCUT2D eigenvalue weighted by Gasteiger charge is -2.45. The molecule has 5 heteroatoms. The second-order valence-electron chi connectivity index (χ2n) is 8.02. The number of hydrogen-bond donors (Lipinski definition) is 0. The number of halogens is 1. The maximum Gasteiger partial charge on any atom is 0.254 e. The van der Waals surface area contributed by atoms with Crippen LogP contribution in [0, 0.1) is 15.4 Å². The SMILES string of the molecule is O=C1[C@@H]2C3c4ccccc4C(c4ccccc43)[C@@H]2C(=O)N1/N=C\c1ccccc1I. The number of amides is 2. The van der Waals surface area contributed by atoms with E-state index in [1.54, 1.807) is 6.21 Å². The highest BCUT2D eigenvalue weighted by molar-refractivity contribution is 14.1. The Morgan fingerprint density at radius 3 is 1.60 bits per heavy atom. The van der Waals surface area contributed by atoms with Gasteiger partial charge >= 0.3 is 0 Å². The van der Waals surface area contributed by atoms with E-state index in [0.717, 1.165) is 14.1 Å². The Morgan fingerprint density at radius 1 is 0.700 bits per heavy atom. The topological polar surface area (TPSA) is 49.7 Å². The number of nitrogens with zero attached hydrogens (tertiary/aromatic N) is 2. The summed E-state index contributed by atoms with van der Waals surface area (Å²) < 4.78 is 1.02. The highest BCUT2D eigenvalue weighted by Crippen LogP contribution is 2.60. The fraction of sp³-hybridized carbons (Fsp3) is 0.160. The number of rotatable bonds is 2. The van der Waals surface area contributed by atoms with Crippen molar-refractivity contribution in [1.29, 1.82) is 0 Å². The third-order valence-corrected chi connectivity index (χ3v) is 7.63. The van der Waals surface area contributed by atoms with Gasteiger partial charge in [0.05, 0.1) is 18.1 Å². The van der Waals surface area contributed by atoms with Crippen molar-refractivity contribution in [1.82, 2.24) is 5.01 Å². The van der Waals surface area contributed by atoms with Gasteiger partial charge in [0, 0.05) is 21.0 Å². The summed E-state index contributed by atoms with van der Waals surface area (Å²) in [5.41, 5.74) is 5.58. The lowest BCUT2D eigenvalue weighted by molar-refractivity contribution is -0.139. The van der Waals surface area contributed by atoms with Gasteiger partial charge in [-0.05, 0) is 50.9 Å². The molecule has 2 amide bonds. The molecule has 1 saturated heterocycles. The van der Waals surface area contributed by atoms with Gasteiger partial charge in [0.2, 0.25) is 0 Å². The Bertz CT molecular complexity index is 1140. The summed E-state index contributed by atoms with van der Waals surface area (Å²) in [6, 6.07) is 24.3. The van der Waals surface area contributed by atoms with Crippen molar-refractivity contribution in [2.45, 2.75) is 11.8 Å². The molecule has 0 aromatic heterocycles. The Morgan fingerprint density at radius 2 is 1.13 bits per heavy atom. The van der Waals surface area contributed by atoms with E-state index in [9.17, 15) is 9.59 Å². The average molecular weight is 504 g/mol. The average Bonchev–Trinajstić information content (AvgIpc) is 3.04. The molecule has 4 nitrogen and oxygen atoms in total. The fourth-order valence-electron chi connectivity index (χ4n) is 5.48. The van der Waals surface area contributed by atoms with Gasteiger partial charge in [0.25, 0.3) is 11.8 Å². The number of carbonyl (C=O) groups is 2. The van der Waals surface area contributed by atoms with E-state index < -0.39 is 0 Å². The number of hydrogen-bond acceptors (Lipinski definition) is 3. The molecule has 1 heterocycles. The zero-order chi connectivity index (χ0) is 20.4. The molecule has 0 radical (unpaired) electrons. The lowest BCUT2D eigenvalue weighted by Crippen LogP contribution is -2.41. The van der Waals surface area contributed by atoms with Gasteiger partial charge in [-0.1, -0.05) is 66.7 Å². The number of imide groups is 1. The number of hydrazone groups is 1. The van der Waals surface area contributed by atoms with Gasteiger partial charge in [0.1, 0.15) is 0 Å². The van der Waals surface area contributed by atoms with Crippen LogP contribution in [0.3, 0.4) is 0 Å². The summed E-state index contributed by atoms with van der Waals surface area (Å²) in [6.45, 7) is 0. The van der Waals surface area contributed by atoms with E-state index in [1.807, 2.05) is 48.5 Å². The molecule has 0 saturated carbocycles. The summed E-state index contributed by atoms with van der Waals surface area (Å²) in [6.07, 6.45) is 1.62. The summed E-state index contributed by atoms with van der Waals surface area (Å²) in [5.74, 6) is -1.35. The molecule has 1 aliphatic heterocycles. The number of carbonyl (C=O) groups excluding carboxylic acids is 2. The molecule has 146 valence electrons. The van der Waals surface area contributed by atoms with E-state index in [2.05, 4.69) is 52.0 Å². The van der Waals surface area contributed by atoms with Crippen molar-refractivity contribution in [2.75, 3.05) is 0 Å². The fourth-order valence-corrected chi connectivity index (χ4v) is 6.00. The van der Waals surface area contributed by atoms with Crippen molar-refractivity contribution in [2.24, 2.45) is 16.9 Å². The first-order chi connectivity index (χ1) is 14.7. The van der Waals surface area contributed by atoms with Crippen molar-refractivity contribution >= 4 is 40.6 Å². The summed E-state index contributed by atoms with van der Waals surface area (Å²) in [5, 5.41) is 5.49. The molecule has 3 aromatic carbocycles. The summed E-state index contributed by atoms with van der Waals surface area (Å²) in [4.78, 5) is 26.9. The smallest absolute Gasteiger partial charge is 0.254 e. The van der Waals surface area contributed by atoms with Crippen LogP contribution < -0.4 is 0 Å².